The molecule has 1 unspecified atom stereocenters. The van der Waals surface area contributed by atoms with Crippen LogP contribution in [0.4, 0.5) is 0 Å². The largest absolute Gasteiger partial charge is 0.481 e. The van der Waals surface area contributed by atoms with Gasteiger partial charge in [-0.3, -0.25) is 0 Å². The fourth-order valence-electron chi connectivity index (χ4n) is 1.69. The first-order valence-corrected chi connectivity index (χ1v) is 6.82. The maximum atomic E-state index is 6.17. The van der Waals surface area contributed by atoms with Crippen molar-refractivity contribution < 1.29 is 4.74 Å². The highest BCUT2D eigenvalue weighted by Gasteiger charge is 2.10. The molecule has 0 aliphatic heterocycles. The number of hydrogen-bond donors (Lipinski definition) is 1. The number of hydrogen-bond acceptors (Lipinski definition) is 4. The first-order valence-electron chi connectivity index (χ1n) is 5.65. The van der Waals surface area contributed by atoms with E-state index in [0.717, 1.165) is 15.7 Å². The lowest BCUT2D eigenvalue weighted by Crippen LogP contribution is -2.14. The van der Waals surface area contributed by atoms with E-state index in [1.54, 1.807) is 13.2 Å². The molecule has 2 N–H and O–H groups in total. The second-order valence-electron chi connectivity index (χ2n) is 4.04. The third kappa shape index (κ3) is 3.65. The Labute approximate surface area is 125 Å². The average Bonchev–Trinajstić information content (AvgIpc) is 2.42. The van der Waals surface area contributed by atoms with Gasteiger partial charge in [-0.05, 0) is 33.6 Å². The van der Waals surface area contributed by atoms with E-state index in [9.17, 15) is 0 Å². The van der Waals surface area contributed by atoms with E-state index in [-0.39, 0.29) is 6.04 Å². The van der Waals surface area contributed by atoms with Crippen LogP contribution >= 0.6 is 27.5 Å². The minimum atomic E-state index is -0.159. The molecule has 0 aliphatic rings. The van der Waals surface area contributed by atoms with Gasteiger partial charge >= 0.3 is 0 Å². The van der Waals surface area contributed by atoms with E-state index in [1.165, 1.54) is 6.33 Å². The molecule has 0 aliphatic carbocycles. The predicted molar refractivity (Wildman–Crippen MR) is 78.4 cm³/mol. The molecule has 0 bridgehead atoms. The number of halogens is 2. The lowest BCUT2D eigenvalue weighted by Gasteiger charge is -2.12. The minimum Gasteiger partial charge on any atom is -0.481 e. The van der Waals surface area contributed by atoms with Crippen molar-refractivity contribution in [1.82, 2.24) is 9.97 Å². The summed E-state index contributed by atoms with van der Waals surface area (Å²) in [4.78, 5) is 8.15. The van der Waals surface area contributed by atoms with Gasteiger partial charge in [0.2, 0.25) is 5.88 Å². The molecule has 0 radical (unpaired) electrons. The first-order chi connectivity index (χ1) is 9.10. The molecule has 1 heterocycles. The third-order valence-electron chi connectivity index (χ3n) is 2.71. The number of rotatable bonds is 4. The molecular formula is C13H13BrClN3O. The Kier molecular flexibility index (Phi) is 4.74. The summed E-state index contributed by atoms with van der Waals surface area (Å²) < 4.78 is 5.90. The molecule has 4 nitrogen and oxygen atoms in total. The maximum absolute atomic E-state index is 6.17. The summed E-state index contributed by atoms with van der Waals surface area (Å²) in [5, 5.41) is 0.666. The van der Waals surface area contributed by atoms with Crippen molar-refractivity contribution in [2.75, 3.05) is 7.11 Å². The number of nitrogens with zero attached hydrogens (tertiary/aromatic N) is 2. The molecule has 0 fully saturated rings. The minimum absolute atomic E-state index is 0.159. The van der Waals surface area contributed by atoms with Crippen molar-refractivity contribution in [2.24, 2.45) is 5.73 Å². The van der Waals surface area contributed by atoms with E-state index < -0.39 is 0 Å². The standard InChI is InChI=1S/C13H13BrClN3O/c1-19-13-6-9(17-7-18-13)5-12(16)8-2-3-11(15)10(14)4-8/h2-4,6-7,12H,5,16H2,1H3. The van der Waals surface area contributed by atoms with Crippen LogP contribution in [-0.4, -0.2) is 17.1 Å². The van der Waals surface area contributed by atoms with Crippen LogP contribution in [0.5, 0.6) is 5.88 Å². The van der Waals surface area contributed by atoms with Gasteiger partial charge in [0.1, 0.15) is 6.33 Å². The van der Waals surface area contributed by atoms with E-state index in [0.29, 0.717) is 17.3 Å². The Morgan fingerprint density at radius 3 is 2.84 bits per heavy atom. The van der Waals surface area contributed by atoms with E-state index in [4.69, 9.17) is 22.1 Å². The van der Waals surface area contributed by atoms with Gasteiger partial charge in [0.05, 0.1) is 12.1 Å². The van der Waals surface area contributed by atoms with Crippen molar-refractivity contribution in [3.63, 3.8) is 0 Å². The van der Waals surface area contributed by atoms with Gasteiger partial charge in [-0.25, -0.2) is 9.97 Å². The van der Waals surface area contributed by atoms with Crippen molar-refractivity contribution in [1.29, 1.82) is 0 Å². The van der Waals surface area contributed by atoms with Crippen molar-refractivity contribution in [2.45, 2.75) is 12.5 Å². The van der Waals surface area contributed by atoms with Crippen LogP contribution in [-0.2, 0) is 6.42 Å². The van der Waals surface area contributed by atoms with E-state index in [2.05, 4.69) is 25.9 Å². The summed E-state index contributed by atoms with van der Waals surface area (Å²) in [5.74, 6) is 0.537. The monoisotopic (exact) mass is 341 g/mol. The van der Waals surface area contributed by atoms with Gasteiger partial charge in [0.25, 0.3) is 0 Å². The fourth-order valence-corrected chi connectivity index (χ4v) is 2.20. The van der Waals surface area contributed by atoms with E-state index >= 15 is 0 Å². The van der Waals surface area contributed by atoms with E-state index in [1.807, 2.05) is 18.2 Å². The Balaban J connectivity index is 2.15. The van der Waals surface area contributed by atoms with Crippen LogP contribution in [0.25, 0.3) is 0 Å². The predicted octanol–water partition coefficient (Wildman–Crippen LogP) is 3.14. The quantitative estimate of drug-likeness (QED) is 0.927. The van der Waals surface area contributed by atoms with Crippen LogP contribution in [0, 0.1) is 0 Å². The number of methoxy groups -OCH3 is 1. The molecular weight excluding hydrogens is 330 g/mol. The third-order valence-corrected chi connectivity index (χ3v) is 3.92. The molecule has 2 aromatic rings. The summed E-state index contributed by atoms with van der Waals surface area (Å²) in [5.41, 5.74) is 8.01. The van der Waals surface area contributed by atoms with Crippen LogP contribution in [0.1, 0.15) is 17.3 Å². The molecule has 1 atom stereocenters. The second kappa shape index (κ2) is 6.32. The molecule has 6 heteroatoms. The molecule has 1 aromatic heterocycles. The molecule has 0 amide bonds. The Morgan fingerprint density at radius 1 is 1.37 bits per heavy atom. The molecule has 1 aromatic carbocycles. The Bertz CT molecular complexity index is 580. The lowest BCUT2D eigenvalue weighted by molar-refractivity contribution is 0.395. The summed E-state index contributed by atoms with van der Waals surface area (Å²) in [7, 11) is 1.57. The number of aromatic nitrogens is 2. The molecule has 19 heavy (non-hydrogen) atoms. The van der Waals surface area contributed by atoms with Crippen molar-refractivity contribution in [3.05, 3.63) is 51.3 Å². The lowest BCUT2D eigenvalue weighted by atomic mass is 10.0. The van der Waals surface area contributed by atoms with Gasteiger partial charge in [-0.15, -0.1) is 0 Å². The van der Waals surface area contributed by atoms with Crippen LogP contribution in [0.2, 0.25) is 5.02 Å². The normalized spacial score (nSPS) is 12.2. The maximum Gasteiger partial charge on any atom is 0.216 e. The van der Waals surface area contributed by atoms with Crippen LogP contribution in [0.15, 0.2) is 35.1 Å². The number of ether oxygens (including phenoxy) is 1. The van der Waals surface area contributed by atoms with Crippen LogP contribution in [0.3, 0.4) is 0 Å². The van der Waals surface area contributed by atoms with Crippen molar-refractivity contribution in [3.8, 4) is 5.88 Å². The molecule has 100 valence electrons. The summed E-state index contributed by atoms with van der Waals surface area (Å²) in [6, 6.07) is 7.28. The topological polar surface area (TPSA) is 61.0 Å². The first kappa shape index (κ1) is 14.2. The summed E-state index contributed by atoms with van der Waals surface area (Å²) in [6.07, 6.45) is 2.08. The smallest absolute Gasteiger partial charge is 0.216 e. The molecule has 0 saturated heterocycles. The van der Waals surface area contributed by atoms with Gasteiger partial charge in [-0.2, -0.15) is 0 Å². The molecule has 2 rings (SSSR count). The molecule has 0 saturated carbocycles. The SMILES string of the molecule is COc1cc(CC(N)c2ccc(Cl)c(Br)c2)ncn1. The zero-order valence-corrected chi connectivity index (χ0v) is 12.6. The van der Waals surface area contributed by atoms with Gasteiger partial charge in [0.15, 0.2) is 0 Å². The number of nitrogens with two attached hydrogens (primary N) is 1. The zero-order chi connectivity index (χ0) is 13.8. The zero-order valence-electron chi connectivity index (χ0n) is 10.3. The highest BCUT2D eigenvalue weighted by Crippen LogP contribution is 2.26. The molecule has 0 spiro atoms. The van der Waals surface area contributed by atoms with Gasteiger partial charge in [0, 0.05) is 28.7 Å². The van der Waals surface area contributed by atoms with Gasteiger partial charge in [-0.1, -0.05) is 17.7 Å². The summed E-state index contributed by atoms with van der Waals surface area (Å²) >= 11 is 9.35. The summed E-state index contributed by atoms with van der Waals surface area (Å²) in [6.45, 7) is 0. The van der Waals surface area contributed by atoms with Gasteiger partial charge < -0.3 is 10.5 Å². The number of benzene rings is 1. The Hall–Kier alpha value is -1.17. The Morgan fingerprint density at radius 2 is 2.16 bits per heavy atom. The van der Waals surface area contributed by atoms with Crippen LogP contribution < -0.4 is 10.5 Å². The second-order valence-corrected chi connectivity index (χ2v) is 5.30. The fraction of sp³-hybridized carbons (Fsp3) is 0.231. The van der Waals surface area contributed by atoms with Crippen molar-refractivity contribution >= 4 is 27.5 Å². The highest BCUT2D eigenvalue weighted by atomic mass is 79.9. The average molecular weight is 343 g/mol. The highest BCUT2D eigenvalue weighted by molar-refractivity contribution is 9.10.